The van der Waals surface area contributed by atoms with Crippen molar-refractivity contribution in [3.05, 3.63) is 64.2 Å². The smallest absolute Gasteiger partial charge is 0.171 e. The van der Waals surface area contributed by atoms with Gasteiger partial charge in [0.2, 0.25) is 0 Å². The summed E-state index contributed by atoms with van der Waals surface area (Å²) in [4.78, 5) is 1.06. The monoisotopic (exact) mass is 300 g/mol. The first-order valence-electron chi connectivity index (χ1n) is 6.78. The van der Waals surface area contributed by atoms with E-state index in [4.69, 9.17) is 10.9 Å². The van der Waals surface area contributed by atoms with Gasteiger partial charge in [0.1, 0.15) is 0 Å². The fourth-order valence-electron chi connectivity index (χ4n) is 2.41. The highest BCUT2D eigenvalue weighted by Crippen LogP contribution is 2.30. The van der Waals surface area contributed by atoms with Crippen molar-refractivity contribution < 1.29 is 5.21 Å². The van der Waals surface area contributed by atoms with Gasteiger partial charge in [-0.05, 0) is 31.9 Å². The topological polar surface area (TPSA) is 58.6 Å². The van der Waals surface area contributed by atoms with Crippen LogP contribution in [0.1, 0.15) is 27.8 Å². The van der Waals surface area contributed by atoms with Gasteiger partial charge in [0.05, 0.1) is 0 Å². The predicted octanol–water partition coefficient (Wildman–Crippen LogP) is 4.00. The van der Waals surface area contributed by atoms with Crippen LogP contribution >= 0.6 is 11.8 Å². The lowest BCUT2D eigenvalue weighted by Gasteiger charge is -2.12. The quantitative estimate of drug-likeness (QED) is 0.295. The van der Waals surface area contributed by atoms with E-state index in [-0.39, 0.29) is 5.84 Å². The van der Waals surface area contributed by atoms with Gasteiger partial charge in [0, 0.05) is 16.2 Å². The Kier molecular flexibility index (Phi) is 4.91. The third-order valence-corrected chi connectivity index (χ3v) is 4.57. The fraction of sp³-hybridized carbons (Fsp3) is 0.235. The second-order valence-electron chi connectivity index (χ2n) is 5.22. The van der Waals surface area contributed by atoms with E-state index in [1.54, 1.807) is 11.8 Å². The van der Waals surface area contributed by atoms with Gasteiger partial charge in [-0.1, -0.05) is 52.7 Å². The second kappa shape index (κ2) is 6.68. The van der Waals surface area contributed by atoms with Crippen LogP contribution in [0.15, 0.2) is 46.4 Å². The van der Waals surface area contributed by atoms with Crippen LogP contribution in [0, 0.1) is 20.8 Å². The number of nitrogens with zero attached hydrogens (tertiary/aromatic N) is 1. The highest BCUT2D eigenvalue weighted by atomic mass is 32.2. The van der Waals surface area contributed by atoms with Crippen LogP contribution in [0.3, 0.4) is 0 Å². The molecule has 3 N–H and O–H groups in total. The Bertz CT molecular complexity index is 660. The maximum Gasteiger partial charge on any atom is 0.171 e. The summed E-state index contributed by atoms with van der Waals surface area (Å²) in [5.41, 5.74) is 11.5. The Hall–Kier alpha value is -1.94. The number of aryl methyl sites for hydroxylation is 3. The zero-order chi connectivity index (χ0) is 15.4. The summed E-state index contributed by atoms with van der Waals surface area (Å²) in [6, 6.07) is 12.4. The largest absolute Gasteiger partial charge is 0.409 e. The van der Waals surface area contributed by atoms with Gasteiger partial charge in [0.25, 0.3) is 0 Å². The molecule has 0 saturated heterocycles. The fourth-order valence-corrected chi connectivity index (χ4v) is 3.51. The summed E-state index contributed by atoms with van der Waals surface area (Å²) in [7, 11) is 0. The van der Waals surface area contributed by atoms with E-state index in [9.17, 15) is 0 Å². The first kappa shape index (κ1) is 15.4. The summed E-state index contributed by atoms with van der Waals surface area (Å²) < 4.78 is 0. The Balaban J connectivity index is 2.27. The minimum absolute atomic E-state index is 0.154. The summed E-state index contributed by atoms with van der Waals surface area (Å²) in [5, 5.41) is 12.0. The van der Waals surface area contributed by atoms with Crippen molar-refractivity contribution in [3.63, 3.8) is 0 Å². The molecule has 0 bridgehead atoms. The van der Waals surface area contributed by atoms with Crippen molar-refractivity contribution in [2.75, 3.05) is 0 Å². The summed E-state index contributed by atoms with van der Waals surface area (Å²) in [6.45, 7) is 6.26. The molecule has 3 nitrogen and oxygen atoms in total. The summed E-state index contributed by atoms with van der Waals surface area (Å²) in [5.74, 6) is 1.01. The molecule has 0 aromatic heterocycles. The Morgan fingerprint density at radius 3 is 2.43 bits per heavy atom. The molecule has 21 heavy (non-hydrogen) atoms. The molecule has 0 atom stereocenters. The molecule has 0 spiro atoms. The van der Waals surface area contributed by atoms with E-state index in [1.807, 2.05) is 25.1 Å². The molecule has 2 aromatic carbocycles. The number of thioether (sulfide) groups is 1. The van der Waals surface area contributed by atoms with E-state index in [0.29, 0.717) is 0 Å². The van der Waals surface area contributed by atoms with Crippen molar-refractivity contribution in [1.29, 1.82) is 0 Å². The molecule has 0 radical (unpaired) electrons. The van der Waals surface area contributed by atoms with Crippen LogP contribution in [-0.4, -0.2) is 11.0 Å². The molecule has 0 heterocycles. The third kappa shape index (κ3) is 3.79. The van der Waals surface area contributed by atoms with Gasteiger partial charge in [-0.25, -0.2) is 0 Å². The van der Waals surface area contributed by atoms with Crippen LogP contribution in [0.5, 0.6) is 0 Å². The zero-order valence-electron chi connectivity index (χ0n) is 12.6. The average molecular weight is 300 g/mol. The third-order valence-electron chi connectivity index (χ3n) is 3.26. The SMILES string of the molecule is Cc1cc(C)cc(CSc2c(C)cccc2/C(N)=N/O)c1. The maximum atomic E-state index is 8.92. The molecule has 0 amide bonds. The van der Waals surface area contributed by atoms with Gasteiger partial charge >= 0.3 is 0 Å². The van der Waals surface area contributed by atoms with Gasteiger partial charge in [-0.15, -0.1) is 11.8 Å². The van der Waals surface area contributed by atoms with Crippen LogP contribution < -0.4 is 5.73 Å². The number of oxime groups is 1. The molecule has 0 aliphatic carbocycles. The molecule has 2 rings (SSSR count). The van der Waals surface area contributed by atoms with Gasteiger partial charge in [0.15, 0.2) is 5.84 Å². The van der Waals surface area contributed by atoms with Crippen molar-refractivity contribution in [2.24, 2.45) is 10.9 Å². The highest BCUT2D eigenvalue weighted by molar-refractivity contribution is 7.98. The molecular formula is C17H20N2OS. The summed E-state index contributed by atoms with van der Waals surface area (Å²) >= 11 is 1.72. The Morgan fingerprint density at radius 1 is 1.14 bits per heavy atom. The molecule has 0 saturated carbocycles. The number of benzene rings is 2. The van der Waals surface area contributed by atoms with Gasteiger partial charge < -0.3 is 10.9 Å². The van der Waals surface area contributed by atoms with E-state index in [0.717, 1.165) is 21.8 Å². The standard InChI is InChI=1S/C17H20N2OS/c1-11-7-12(2)9-14(8-11)10-21-16-13(3)5-4-6-15(16)17(18)19-20/h4-9,20H,10H2,1-3H3,(H2,18,19). The molecule has 0 fully saturated rings. The predicted molar refractivity (Wildman–Crippen MR) is 89.2 cm³/mol. The number of nitrogens with two attached hydrogens (primary N) is 1. The Morgan fingerprint density at radius 2 is 1.81 bits per heavy atom. The first-order valence-corrected chi connectivity index (χ1v) is 7.77. The lowest BCUT2D eigenvalue weighted by molar-refractivity contribution is 0.318. The first-order chi connectivity index (χ1) is 10.0. The molecule has 0 aliphatic heterocycles. The molecule has 4 heteroatoms. The molecule has 0 unspecified atom stereocenters. The Labute approximate surface area is 129 Å². The number of amidine groups is 1. The minimum atomic E-state index is 0.154. The van der Waals surface area contributed by atoms with Gasteiger partial charge in [-0.3, -0.25) is 0 Å². The number of rotatable bonds is 4. The van der Waals surface area contributed by atoms with Crippen molar-refractivity contribution >= 4 is 17.6 Å². The highest BCUT2D eigenvalue weighted by Gasteiger charge is 2.10. The van der Waals surface area contributed by atoms with Crippen LogP contribution in [0.4, 0.5) is 0 Å². The molecule has 0 aliphatic rings. The molecule has 110 valence electrons. The van der Waals surface area contributed by atoms with Crippen LogP contribution in [0.25, 0.3) is 0 Å². The average Bonchev–Trinajstić information content (AvgIpc) is 2.44. The van der Waals surface area contributed by atoms with Crippen molar-refractivity contribution in [3.8, 4) is 0 Å². The second-order valence-corrected chi connectivity index (χ2v) is 6.21. The van der Waals surface area contributed by atoms with Crippen LogP contribution in [-0.2, 0) is 5.75 Å². The number of hydrogen-bond acceptors (Lipinski definition) is 3. The lowest BCUT2D eigenvalue weighted by Crippen LogP contribution is -2.14. The van der Waals surface area contributed by atoms with E-state index in [2.05, 4.69) is 37.2 Å². The van der Waals surface area contributed by atoms with Gasteiger partial charge in [-0.2, -0.15) is 0 Å². The number of hydrogen-bond donors (Lipinski definition) is 2. The lowest BCUT2D eigenvalue weighted by atomic mass is 10.1. The van der Waals surface area contributed by atoms with Crippen molar-refractivity contribution in [1.82, 2.24) is 0 Å². The van der Waals surface area contributed by atoms with E-state index in [1.165, 1.54) is 16.7 Å². The molecule has 2 aromatic rings. The normalized spacial score (nSPS) is 11.7. The van der Waals surface area contributed by atoms with Crippen LogP contribution in [0.2, 0.25) is 0 Å². The molecular weight excluding hydrogens is 280 g/mol. The van der Waals surface area contributed by atoms with Crippen molar-refractivity contribution in [2.45, 2.75) is 31.4 Å². The van der Waals surface area contributed by atoms with E-state index >= 15 is 0 Å². The summed E-state index contributed by atoms with van der Waals surface area (Å²) in [6.07, 6.45) is 0. The zero-order valence-corrected chi connectivity index (χ0v) is 13.4. The van der Waals surface area contributed by atoms with E-state index < -0.39 is 0 Å². The maximum absolute atomic E-state index is 8.92. The minimum Gasteiger partial charge on any atom is -0.409 e.